The summed E-state index contributed by atoms with van der Waals surface area (Å²) < 4.78 is 37.8. The molecule has 1 aliphatic carbocycles. The van der Waals surface area contributed by atoms with Gasteiger partial charge in [-0.1, -0.05) is 6.92 Å². The average Bonchev–Trinajstić information content (AvgIpc) is 3.34. The molecule has 0 radical (unpaired) electrons. The maximum Gasteiger partial charge on any atom is 0.229 e. The van der Waals surface area contributed by atoms with Gasteiger partial charge in [0.2, 0.25) is 5.95 Å². The summed E-state index contributed by atoms with van der Waals surface area (Å²) in [5.74, 6) is -0.322. The number of imidazole rings is 1. The Morgan fingerprint density at radius 1 is 1.10 bits per heavy atom. The van der Waals surface area contributed by atoms with Crippen LogP contribution in [0.2, 0.25) is 0 Å². The predicted octanol–water partition coefficient (Wildman–Crippen LogP) is 5.62. The van der Waals surface area contributed by atoms with Gasteiger partial charge in [-0.3, -0.25) is 4.98 Å². The first-order valence-corrected chi connectivity index (χ1v) is 13.7. The minimum absolute atomic E-state index is 0.117. The number of rotatable bonds is 5. The number of hydrogen-bond donors (Lipinski definition) is 2. The first-order chi connectivity index (χ1) is 19.4. The van der Waals surface area contributed by atoms with Crippen molar-refractivity contribution < 1.29 is 13.5 Å². The topological polar surface area (TPSA) is 114 Å². The number of nitrogens with zero attached hydrogens (tertiary/aromatic N) is 5. The van der Waals surface area contributed by atoms with Gasteiger partial charge in [-0.25, -0.2) is 13.8 Å². The van der Waals surface area contributed by atoms with Crippen molar-refractivity contribution >= 4 is 17.2 Å². The van der Waals surface area contributed by atoms with Crippen molar-refractivity contribution in [1.82, 2.24) is 19.6 Å². The average molecular weight is 544 g/mol. The Bertz CT molecular complexity index is 1560. The van der Waals surface area contributed by atoms with E-state index in [1.54, 1.807) is 30.7 Å². The number of nitrogens with one attached hydrogen (secondary N) is 1. The fourth-order valence-electron chi connectivity index (χ4n) is 6.28. The molecule has 2 aliphatic rings. The zero-order valence-electron chi connectivity index (χ0n) is 22.3. The fourth-order valence-corrected chi connectivity index (χ4v) is 6.28. The fraction of sp³-hybridized carbons (Fsp3) is 0.400. The molecule has 3 atom stereocenters. The molecule has 3 N–H and O–H groups in total. The molecule has 206 valence electrons. The minimum atomic E-state index is -0.973. The van der Waals surface area contributed by atoms with E-state index in [0.717, 1.165) is 30.5 Å². The van der Waals surface area contributed by atoms with E-state index >= 15 is 8.78 Å². The van der Waals surface area contributed by atoms with Crippen molar-refractivity contribution in [2.24, 2.45) is 11.7 Å². The highest BCUT2D eigenvalue weighted by atomic mass is 19.1. The van der Waals surface area contributed by atoms with Gasteiger partial charge >= 0.3 is 0 Å². The number of benzene rings is 1. The number of anilines is 2. The molecule has 0 unspecified atom stereocenters. The molecule has 0 spiro atoms. The third-order valence-electron chi connectivity index (χ3n) is 8.32. The summed E-state index contributed by atoms with van der Waals surface area (Å²) in [6.45, 7) is 2.97. The van der Waals surface area contributed by atoms with Crippen molar-refractivity contribution in [3.63, 3.8) is 0 Å². The van der Waals surface area contributed by atoms with Crippen LogP contribution < -0.4 is 11.1 Å². The Labute approximate surface area is 231 Å². The molecule has 4 heterocycles. The summed E-state index contributed by atoms with van der Waals surface area (Å²) >= 11 is 0. The first-order valence-electron chi connectivity index (χ1n) is 13.7. The molecule has 8 nitrogen and oxygen atoms in total. The van der Waals surface area contributed by atoms with Crippen LogP contribution in [-0.2, 0) is 10.2 Å². The van der Waals surface area contributed by atoms with Crippen molar-refractivity contribution in [2.75, 3.05) is 18.5 Å². The number of aromatic nitrogens is 4. The number of nitriles is 1. The zero-order chi connectivity index (χ0) is 27.9. The van der Waals surface area contributed by atoms with E-state index < -0.39 is 17.0 Å². The lowest BCUT2D eigenvalue weighted by molar-refractivity contribution is 0.0674. The molecule has 1 saturated carbocycles. The summed E-state index contributed by atoms with van der Waals surface area (Å²) in [5, 5.41) is 17.7. The second-order valence-corrected chi connectivity index (χ2v) is 11.1. The largest absolute Gasteiger partial charge is 0.381 e. The second-order valence-electron chi connectivity index (χ2n) is 11.1. The summed E-state index contributed by atoms with van der Waals surface area (Å²) in [6, 6.07) is 10.2. The standard InChI is InChI=1S/C30H31F2N7O/c1-18-10-19(12-21(34)11-18)23-4-7-35-16-27(23)37-29-36-15-22-2-3-26(38-39(22)29)28-24(31)13-20(14-25(28)32)30(17-33)5-8-40-9-6-30/h2-4,7,13-16,18-19,21H,5-6,8-12,34H2,1H3,(H,36,37)/t18-,19+,21-/m0/s1. The lowest BCUT2D eigenvalue weighted by Gasteiger charge is -2.32. The van der Waals surface area contributed by atoms with Gasteiger partial charge in [-0.15, -0.1) is 0 Å². The summed E-state index contributed by atoms with van der Waals surface area (Å²) in [4.78, 5) is 8.79. The van der Waals surface area contributed by atoms with E-state index in [-0.39, 0.29) is 23.2 Å². The zero-order valence-corrected chi connectivity index (χ0v) is 22.3. The molecule has 1 aromatic carbocycles. The van der Waals surface area contributed by atoms with Gasteiger partial charge in [0.25, 0.3) is 0 Å². The highest BCUT2D eigenvalue weighted by molar-refractivity contribution is 5.66. The molecular formula is C30H31F2N7O. The van der Waals surface area contributed by atoms with Crippen LogP contribution in [0.3, 0.4) is 0 Å². The van der Waals surface area contributed by atoms with Gasteiger partial charge in [-0.05, 0) is 85.4 Å². The molecule has 10 heteroatoms. The smallest absolute Gasteiger partial charge is 0.229 e. The summed E-state index contributed by atoms with van der Waals surface area (Å²) in [5.41, 5.74) is 8.11. The lowest BCUT2D eigenvalue weighted by atomic mass is 9.75. The normalized spacial score (nSPS) is 22.6. The van der Waals surface area contributed by atoms with Gasteiger partial charge in [0.05, 0.1) is 46.3 Å². The van der Waals surface area contributed by atoms with Crippen LogP contribution in [0.1, 0.15) is 56.1 Å². The Kier molecular flexibility index (Phi) is 6.94. The Balaban J connectivity index is 1.34. The molecule has 4 aromatic rings. The van der Waals surface area contributed by atoms with Gasteiger partial charge < -0.3 is 15.8 Å². The molecule has 40 heavy (non-hydrogen) atoms. The SMILES string of the molecule is C[C@@H]1C[C@H](N)C[C@H](c2ccncc2Nc2ncc3ccc(-c4c(F)cc(C5(C#N)CCOCC5)cc4F)nn23)C1. The van der Waals surface area contributed by atoms with Gasteiger partial charge in [0.1, 0.15) is 11.6 Å². The van der Waals surface area contributed by atoms with Crippen LogP contribution in [0.5, 0.6) is 0 Å². The number of nitrogens with two attached hydrogens (primary N) is 1. The van der Waals surface area contributed by atoms with Crippen LogP contribution >= 0.6 is 0 Å². The van der Waals surface area contributed by atoms with Gasteiger partial charge in [0.15, 0.2) is 0 Å². The molecule has 0 bridgehead atoms. The third-order valence-corrected chi connectivity index (χ3v) is 8.32. The van der Waals surface area contributed by atoms with Crippen LogP contribution in [0.15, 0.2) is 48.9 Å². The molecule has 1 aliphatic heterocycles. The molecule has 3 aromatic heterocycles. The van der Waals surface area contributed by atoms with E-state index in [0.29, 0.717) is 49.0 Å². The van der Waals surface area contributed by atoms with E-state index in [1.807, 2.05) is 6.07 Å². The summed E-state index contributed by atoms with van der Waals surface area (Å²) in [6.07, 6.45) is 8.89. The van der Waals surface area contributed by atoms with Crippen molar-refractivity contribution in [3.8, 4) is 17.3 Å². The highest BCUT2D eigenvalue weighted by Crippen LogP contribution is 2.40. The third kappa shape index (κ3) is 4.80. The van der Waals surface area contributed by atoms with Crippen molar-refractivity contribution in [1.29, 1.82) is 5.26 Å². The van der Waals surface area contributed by atoms with Crippen LogP contribution in [0.4, 0.5) is 20.4 Å². The molecular weight excluding hydrogens is 512 g/mol. The maximum atomic E-state index is 15.5. The van der Waals surface area contributed by atoms with Crippen molar-refractivity contribution in [3.05, 3.63) is 71.7 Å². The monoisotopic (exact) mass is 543 g/mol. The minimum Gasteiger partial charge on any atom is -0.381 e. The number of hydrogen-bond acceptors (Lipinski definition) is 7. The van der Waals surface area contributed by atoms with E-state index in [4.69, 9.17) is 10.5 Å². The van der Waals surface area contributed by atoms with Crippen LogP contribution in [0, 0.1) is 28.9 Å². The number of ether oxygens (including phenoxy) is 1. The van der Waals surface area contributed by atoms with E-state index in [2.05, 4.69) is 33.4 Å². The number of halogens is 2. The summed E-state index contributed by atoms with van der Waals surface area (Å²) in [7, 11) is 0. The van der Waals surface area contributed by atoms with Crippen LogP contribution in [0.25, 0.3) is 16.8 Å². The highest BCUT2D eigenvalue weighted by Gasteiger charge is 2.36. The maximum absolute atomic E-state index is 15.5. The quantitative estimate of drug-likeness (QED) is 0.336. The first kappa shape index (κ1) is 26.3. The second kappa shape index (κ2) is 10.6. The van der Waals surface area contributed by atoms with E-state index in [9.17, 15) is 5.26 Å². The number of fused-ring (bicyclic) bond motifs is 1. The van der Waals surface area contributed by atoms with Gasteiger partial charge in [-0.2, -0.15) is 14.9 Å². The Morgan fingerprint density at radius 3 is 2.60 bits per heavy atom. The lowest BCUT2D eigenvalue weighted by Crippen LogP contribution is -2.32. The molecule has 6 rings (SSSR count). The van der Waals surface area contributed by atoms with Gasteiger partial charge in [0, 0.05) is 25.5 Å². The molecule has 1 saturated heterocycles. The molecule has 2 fully saturated rings. The Morgan fingerprint density at radius 2 is 1.88 bits per heavy atom. The predicted molar refractivity (Wildman–Crippen MR) is 147 cm³/mol. The number of pyridine rings is 1. The van der Waals surface area contributed by atoms with Crippen LogP contribution in [-0.4, -0.2) is 38.8 Å². The van der Waals surface area contributed by atoms with E-state index in [1.165, 1.54) is 16.6 Å². The van der Waals surface area contributed by atoms with Crippen molar-refractivity contribution in [2.45, 2.75) is 56.4 Å². The molecule has 0 amide bonds. The Hall–Kier alpha value is -3.94.